The van der Waals surface area contributed by atoms with Crippen LogP contribution in [0.2, 0.25) is 0 Å². The molecule has 0 spiro atoms. The minimum Gasteiger partial charge on any atom is -0.399 e. The topological polar surface area (TPSA) is 90.7 Å². The predicted molar refractivity (Wildman–Crippen MR) is 65.2 cm³/mol. The van der Waals surface area contributed by atoms with Gasteiger partial charge < -0.3 is 10.3 Å². The molecule has 0 atom stereocenters. The molecule has 3 rings (SSSR count). The molecule has 2 N–H and O–H groups in total. The molecule has 0 saturated carbocycles. The van der Waals surface area contributed by atoms with Crippen LogP contribution in [0.25, 0.3) is 22.8 Å². The summed E-state index contributed by atoms with van der Waals surface area (Å²) in [5.41, 5.74) is 7.90. The van der Waals surface area contributed by atoms with E-state index in [2.05, 4.69) is 20.3 Å². The van der Waals surface area contributed by atoms with Gasteiger partial charge in [-0.05, 0) is 30.3 Å². The Kier molecular flexibility index (Phi) is 2.45. The van der Waals surface area contributed by atoms with Crippen molar-refractivity contribution in [3.63, 3.8) is 0 Å². The molecule has 0 aliphatic rings. The molecule has 1 aromatic carbocycles. The van der Waals surface area contributed by atoms with Gasteiger partial charge in [0.25, 0.3) is 5.89 Å². The molecule has 0 saturated heterocycles. The number of rotatable bonds is 2. The van der Waals surface area contributed by atoms with Crippen LogP contribution in [0.1, 0.15) is 0 Å². The summed E-state index contributed by atoms with van der Waals surface area (Å²) in [6, 6.07) is 9.02. The molecule has 0 fully saturated rings. The van der Waals surface area contributed by atoms with E-state index in [0.29, 0.717) is 17.4 Å². The number of nitrogen functional groups attached to an aromatic ring is 1. The summed E-state index contributed by atoms with van der Waals surface area (Å²) in [6.07, 6.45) is 3.14. The first-order valence-corrected chi connectivity index (χ1v) is 5.29. The Balaban J connectivity index is 1.97. The maximum absolute atomic E-state index is 5.62. The number of hydrogen-bond donors (Lipinski definition) is 1. The standard InChI is InChI=1S/C12H9N5O/c13-10-3-1-8(2-4-10)11-16-12(18-17-11)9-5-6-14-15-7-9/h1-7H,13H2. The number of aromatic nitrogens is 4. The summed E-state index contributed by atoms with van der Waals surface area (Å²) in [4.78, 5) is 4.29. The highest BCUT2D eigenvalue weighted by Gasteiger charge is 2.10. The number of anilines is 1. The third-order valence-corrected chi connectivity index (χ3v) is 2.43. The summed E-state index contributed by atoms with van der Waals surface area (Å²) in [5, 5.41) is 11.4. The van der Waals surface area contributed by atoms with E-state index in [1.165, 1.54) is 0 Å². The normalized spacial score (nSPS) is 10.4. The fraction of sp³-hybridized carbons (Fsp3) is 0. The summed E-state index contributed by atoms with van der Waals surface area (Å²) in [5.74, 6) is 0.929. The summed E-state index contributed by atoms with van der Waals surface area (Å²) < 4.78 is 5.18. The molecule has 2 aromatic heterocycles. The van der Waals surface area contributed by atoms with Gasteiger partial charge in [-0.1, -0.05) is 5.16 Å². The summed E-state index contributed by atoms with van der Waals surface area (Å²) >= 11 is 0. The van der Waals surface area contributed by atoms with Crippen molar-refractivity contribution in [1.29, 1.82) is 0 Å². The Hall–Kier alpha value is -2.76. The Morgan fingerprint density at radius 2 is 1.78 bits per heavy atom. The van der Waals surface area contributed by atoms with Crippen molar-refractivity contribution in [2.75, 3.05) is 5.73 Å². The van der Waals surface area contributed by atoms with E-state index in [1.807, 2.05) is 12.1 Å². The van der Waals surface area contributed by atoms with Crippen molar-refractivity contribution in [2.45, 2.75) is 0 Å². The van der Waals surface area contributed by atoms with Gasteiger partial charge >= 0.3 is 0 Å². The summed E-state index contributed by atoms with van der Waals surface area (Å²) in [7, 11) is 0. The molecule has 2 heterocycles. The van der Waals surface area contributed by atoms with Crippen molar-refractivity contribution >= 4 is 5.69 Å². The first-order chi connectivity index (χ1) is 8.83. The second kappa shape index (κ2) is 4.25. The highest BCUT2D eigenvalue weighted by Crippen LogP contribution is 2.21. The van der Waals surface area contributed by atoms with Crippen LogP contribution in [0.3, 0.4) is 0 Å². The lowest BCUT2D eigenvalue weighted by atomic mass is 10.2. The predicted octanol–water partition coefficient (Wildman–Crippen LogP) is 1.78. The van der Waals surface area contributed by atoms with Crippen molar-refractivity contribution < 1.29 is 4.52 Å². The molecule has 6 nitrogen and oxygen atoms in total. The average Bonchev–Trinajstić information content (AvgIpc) is 2.90. The lowest BCUT2D eigenvalue weighted by Crippen LogP contribution is -1.85. The van der Waals surface area contributed by atoms with Crippen LogP contribution in [0.15, 0.2) is 47.2 Å². The minimum atomic E-state index is 0.414. The Morgan fingerprint density at radius 3 is 2.50 bits per heavy atom. The van der Waals surface area contributed by atoms with Crippen LogP contribution in [-0.4, -0.2) is 20.3 Å². The molecule has 3 aromatic rings. The average molecular weight is 239 g/mol. The molecule has 0 amide bonds. The molecular weight excluding hydrogens is 230 g/mol. The molecule has 6 heteroatoms. The zero-order valence-corrected chi connectivity index (χ0v) is 9.32. The number of benzene rings is 1. The van der Waals surface area contributed by atoms with Gasteiger partial charge in [-0.2, -0.15) is 15.2 Å². The summed E-state index contributed by atoms with van der Waals surface area (Å²) in [6.45, 7) is 0. The van der Waals surface area contributed by atoms with E-state index < -0.39 is 0 Å². The molecule has 0 unspecified atom stereocenters. The zero-order valence-electron chi connectivity index (χ0n) is 9.32. The fourth-order valence-corrected chi connectivity index (χ4v) is 1.51. The van der Waals surface area contributed by atoms with E-state index in [0.717, 1.165) is 11.1 Å². The molecule has 0 aliphatic carbocycles. The molecule has 88 valence electrons. The van der Waals surface area contributed by atoms with E-state index >= 15 is 0 Å². The van der Waals surface area contributed by atoms with Gasteiger partial charge in [0.05, 0.1) is 18.0 Å². The van der Waals surface area contributed by atoms with Gasteiger partial charge in [0.1, 0.15) is 0 Å². The molecule has 0 bridgehead atoms. The van der Waals surface area contributed by atoms with Gasteiger partial charge in [0.15, 0.2) is 0 Å². The zero-order chi connectivity index (χ0) is 12.4. The maximum atomic E-state index is 5.62. The maximum Gasteiger partial charge on any atom is 0.259 e. The van der Waals surface area contributed by atoms with E-state index in [4.69, 9.17) is 10.3 Å². The van der Waals surface area contributed by atoms with Gasteiger partial charge in [-0.15, -0.1) is 0 Å². The fourth-order valence-electron chi connectivity index (χ4n) is 1.51. The van der Waals surface area contributed by atoms with Gasteiger partial charge in [0.2, 0.25) is 5.82 Å². The smallest absolute Gasteiger partial charge is 0.259 e. The minimum absolute atomic E-state index is 0.414. The quantitative estimate of drug-likeness (QED) is 0.685. The largest absolute Gasteiger partial charge is 0.399 e. The third-order valence-electron chi connectivity index (χ3n) is 2.43. The van der Waals surface area contributed by atoms with Crippen molar-refractivity contribution in [3.8, 4) is 22.8 Å². The Morgan fingerprint density at radius 1 is 0.944 bits per heavy atom. The number of nitrogens with zero attached hydrogens (tertiary/aromatic N) is 4. The highest BCUT2D eigenvalue weighted by molar-refractivity contribution is 5.61. The van der Waals surface area contributed by atoms with Gasteiger partial charge in [0, 0.05) is 11.3 Å². The van der Waals surface area contributed by atoms with Crippen LogP contribution in [-0.2, 0) is 0 Å². The Bertz CT molecular complexity index is 648. The molecule has 0 aliphatic heterocycles. The van der Waals surface area contributed by atoms with Crippen molar-refractivity contribution in [2.24, 2.45) is 0 Å². The van der Waals surface area contributed by atoms with Gasteiger partial charge in [-0.25, -0.2) is 0 Å². The first-order valence-electron chi connectivity index (χ1n) is 5.29. The van der Waals surface area contributed by atoms with Crippen molar-refractivity contribution in [3.05, 3.63) is 42.7 Å². The lowest BCUT2D eigenvalue weighted by molar-refractivity contribution is 0.432. The highest BCUT2D eigenvalue weighted by atomic mass is 16.5. The van der Waals surface area contributed by atoms with Crippen LogP contribution in [0, 0.1) is 0 Å². The number of nitrogens with two attached hydrogens (primary N) is 1. The van der Waals surface area contributed by atoms with Gasteiger partial charge in [-0.3, -0.25) is 0 Å². The van der Waals surface area contributed by atoms with E-state index in [1.54, 1.807) is 30.6 Å². The van der Waals surface area contributed by atoms with E-state index in [-0.39, 0.29) is 0 Å². The molecule has 18 heavy (non-hydrogen) atoms. The number of hydrogen-bond acceptors (Lipinski definition) is 6. The first kappa shape index (κ1) is 10.4. The van der Waals surface area contributed by atoms with Crippen LogP contribution in [0.4, 0.5) is 5.69 Å². The van der Waals surface area contributed by atoms with Crippen LogP contribution >= 0.6 is 0 Å². The lowest BCUT2D eigenvalue weighted by Gasteiger charge is -1.94. The van der Waals surface area contributed by atoms with E-state index in [9.17, 15) is 0 Å². The SMILES string of the molecule is Nc1ccc(-c2noc(-c3ccnnc3)n2)cc1. The molecular formula is C12H9N5O. The third kappa shape index (κ3) is 1.91. The second-order valence-corrected chi connectivity index (χ2v) is 3.68. The van der Waals surface area contributed by atoms with Crippen LogP contribution in [0.5, 0.6) is 0 Å². The monoisotopic (exact) mass is 239 g/mol. The Labute approximate surface area is 102 Å². The molecule has 0 radical (unpaired) electrons. The van der Waals surface area contributed by atoms with Crippen molar-refractivity contribution in [1.82, 2.24) is 20.3 Å². The second-order valence-electron chi connectivity index (χ2n) is 3.68. The van der Waals surface area contributed by atoms with Crippen LogP contribution < -0.4 is 5.73 Å².